The average Bonchev–Trinajstić information content (AvgIpc) is 3.20. The molecule has 1 fully saturated rings. The van der Waals surface area contributed by atoms with Crippen LogP contribution in [0.1, 0.15) is 16.1 Å². The minimum absolute atomic E-state index is 0.231. The Balaban J connectivity index is 1.28. The summed E-state index contributed by atoms with van der Waals surface area (Å²) in [7, 11) is -3.64. The van der Waals surface area contributed by atoms with Gasteiger partial charge >= 0.3 is 0 Å². The summed E-state index contributed by atoms with van der Waals surface area (Å²) in [5, 5.41) is 5.86. The number of aromatic nitrogens is 3. The summed E-state index contributed by atoms with van der Waals surface area (Å²) in [6.07, 6.45) is 1.59. The van der Waals surface area contributed by atoms with E-state index < -0.39 is 27.9 Å². The predicted octanol–water partition coefficient (Wildman–Crippen LogP) is 3.79. The zero-order chi connectivity index (χ0) is 26.0. The van der Waals surface area contributed by atoms with Gasteiger partial charge in [-0.05, 0) is 48.8 Å². The van der Waals surface area contributed by atoms with Crippen molar-refractivity contribution in [2.75, 3.05) is 41.7 Å². The number of alkyl halides is 1. The third-order valence-electron chi connectivity index (χ3n) is 5.92. The quantitative estimate of drug-likeness (QED) is 0.292. The highest BCUT2D eigenvalue weighted by atomic mass is 32.2. The molecule has 1 aliphatic heterocycles. The highest BCUT2D eigenvalue weighted by Gasteiger charge is 2.37. The fourth-order valence-corrected chi connectivity index (χ4v) is 6.22. The lowest BCUT2D eigenvalue weighted by molar-refractivity contribution is 0.102. The van der Waals surface area contributed by atoms with Crippen LogP contribution in [-0.4, -0.2) is 65.1 Å². The molecule has 0 radical (unpaired) electrons. The topological polar surface area (TPSA) is 129 Å². The molecule has 1 aliphatic rings. The molecule has 13 heteroatoms. The molecular formula is C24H24FN7O3S2. The highest BCUT2D eigenvalue weighted by molar-refractivity contribution is 7.93. The molecule has 0 aliphatic carbocycles. The van der Waals surface area contributed by atoms with Crippen molar-refractivity contribution in [1.82, 2.24) is 19.2 Å². The molecule has 5 rings (SSSR count). The number of fused-ring (bicyclic) bond motifs is 1. The van der Waals surface area contributed by atoms with E-state index in [1.54, 1.807) is 42.3 Å². The van der Waals surface area contributed by atoms with E-state index in [4.69, 9.17) is 0 Å². The van der Waals surface area contributed by atoms with Crippen LogP contribution in [0.5, 0.6) is 0 Å². The number of nitrogens with zero attached hydrogens (tertiary/aromatic N) is 4. The molecule has 1 saturated heterocycles. The van der Waals surface area contributed by atoms with Crippen LogP contribution in [0.2, 0.25) is 0 Å². The molecule has 0 bridgehead atoms. The Hall–Kier alpha value is -3.68. The summed E-state index contributed by atoms with van der Waals surface area (Å²) in [5.74, 6) is 0.0808. The molecule has 1 amide bonds. The molecule has 3 N–H and O–H groups in total. The monoisotopic (exact) mass is 541 g/mol. The van der Waals surface area contributed by atoms with Crippen LogP contribution in [0, 0.1) is 6.92 Å². The Morgan fingerprint density at radius 2 is 1.89 bits per heavy atom. The molecular weight excluding hydrogens is 517 g/mol. The van der Waals surface area contributed by atoms with Gasteiger partial charge in [-0.3, -0.25) is 19.4 Å². The number of likely N-dealkylation sites (tertiary alicyclic amines) is 1. The smallest absolute Gasteiger partial charge is 0.260 e. The van der Waals surface area contributed by atoms with Crippen LogP contribution in [0.4, 0.5) is 26.6 Å². The lowest BCUT2D eigenvalue weighted by Gasteiger charge is -2.37. The summed E-state index contributed by atoms with van der Waals surface area (Å²) in [6.45, 7) is 2.04. The highest BCUT2D eigenvalue weighted by Crippen LogP contribution is 2.29. The number of nitrogens with one attached hydrogen (secondary N) is 3. The minimum atomic E-state index is -3.64. The summed E-state index contributed by atoms with van der Waals surface area (Å²) < 4.78 is 44.6. The largest absolute Gasteiger partial charge is 0.329 e. The number of sulfonamides is 1. The summed E-state index contributed by atoms with van der Waals surface area (Å²) in [6, 6.07) is 13.9. The van der Waals surface area contributed by atoms with E-state index in [0.29, 0.717) is 33.5 Å². The molecule has 192 valence electrons. The number of amides is 1. The van der Waals surface area contributed by atoms with Crippen molar-refractivity contribution < 1.29 is 17.6 Å². The predicted molar refractivity (Wildman–Crippen MR) is 143 cm³/mol. The zero-order valence-electron chi connectivity index (χ0n) is 19.8. The second kappa shape index (κ2) is 10.4. The van der Waals surface area contributed by atoms with Crippen molar-refractivity contribution in [3.8, 4) is 0 Å². The molecule has 4 aromatic rings. The van der Waals surface area contributed by atoms with E-state index in [2.05, 4.69) is 29.7 Å². The van der Waals surface area contributed by atoms with Crippen LogP contribution in [0.15, 0.2) is 54.7 Å². The number of hydrogen-bond donors (Lipinski definition) is 3. The second-order valence-electron chi connectivity index (χ2n) is 8.59. The summed E-state index contributed by atoms with van der Waals surface area (Å²) in [4.78, 5) is 23.8. The molecule has 0 saturated carbocycles. The van der Waals surface area contributed by atoms with Crippen LogP contribution < -0.4 is 15.4 Å². The summed E-state index contributed by atoms with van der Waals surface area (Å²) >= 11 is 1.13. The van der Waals surface area contributed by atoms with E-state index in [1.807, 2.05) is 24.3 Å². The van der Waals surface area contributed by atoms with Gasteiger partial charge in [-0.15, -0.1) is 0 Å². The Morgan fingerprint density at radius 1 is 1.14 bits per heavy atom. The first-order chi connectivity index (χ1) is 17.8. The fourth-order valence-electron chi connectivity index (χ4n) is 3.98. The Bertz CT molecular complexity index is 1550. The van der Waals surface area contributed by atoms with Gasteiger partial charge in [0, 0.05) is 25.3 Å². The number of hydrogen-bond acceptors (Lipinski definition) is 9. The average molecular weight is 542 g/mol. The minimum Gasteiger partial charge on any atom is -0.329 e. The van der Waals surface area contributed by atoms with Crippen LogP contribution >= 0.6 is 11.5 Å². The number of carbonyl (C=O) groups is 1. The maximum atomic E-state index is 13.2. The Labute approximate surface area is 217 Å². The maximum Gasteiger partial charge on any atom is 0.260 e. The van der Waals surface area contributed by atoms with Crippen LogP contribution in [-0.2, 0) is 10.0 Å². The van der Waals surface area contributed by atoms with Gasteiger partial charge in [0.1, 0.15) is 22.7 Å². The van der Waals surface area contributed by atoms with Crippen LogP contribution in [0.3, 0.4) is 0 Å². The normalized spacial score (nSPS) is 14.3. The molecule has 0 unspecified atom stereocenters. The van der Waals surface area contributed by atoms with E-state index in [-0.39, 0.29) is 19.6 Å². The lowest BCUT2D eigenvalue weighted by atomic mass is 10.2. The summed E-state index contributed by atoms with van der Waals surface area (Å²) in [5.41, 5.74) is 3.12. The molecule has 2 aromatic carbocycles. The number of benzene rings is 2. The van der Waals surface area contributed by atoms with E-state index in [9.17, 15) is 17.6 Å². The molecule has 0 spiro atoms. The first-order valence-corrected chi connectivity index (χ1v) is 13.8. The number of para-hydroxylation sites is 2. The lowest BCUT2D eigenvalue weighted by Crippen LogP contribution is -2.56. The number of aryl methyl sites for hydroxylation is 1. The third kappa shape index (κ3) is 5.53. The Kier molecular flexibility index (Phi) is 7.00. The van der Waals surface area contributed by atoms with E-state index in [1.165, 1.54) is 0 Å². The van der Waals surface area contributed by atoms with Gasteiger partial charge in [0.15, 0.2) is 0 Å². The molecule has 37 heavy (non-hydrogen) atoms. The Morgan fingerprint density at radius 3 is 2.68 bits per heavy atom. The molecule has 3 heterocycles. The van der Waals surface area contributed by atoms with Gasteiger partial charge in [0.05, 0.1) is 34.2 Å². The van der Waals surface area contributed by atoms with Gasteiger partial charge in [0.2, 0.25) is 10.0 Å². The number of carbonyl (C=O) groups excluding carboxylic acids is 1. The SMILES string of the molecule is Cc1nsc(Nc2cnc3ccccc3n2)c1C(=O)Nc1cccc(NS(=O)(=O)C2CN(CCF)C2)c1. The first kappa shape index (κ1) is 25.0. The zero-order valence-corrected chi connectivity index (χ0v) is 21.4. The maximum absolute atomic E-state index is 13.2. The first-order valence-electron chi connectivity index (χ1n) is 11.5. The van der Waals surface area contributed by atoms with Gasteiger partial charge in [-0.25, -0.2) is 17.8 Å². The molecule has 10 nitrogen and oxygen atoms in total. The van der Waals surface area contributed by atoms with Gasteiger partial charge in [0.25, 0.3) is 5.91 Å². The van der Waals surface area contributed by atoms with Gasteiger partial charge in [-0.1, -0.05) is 18.2 Å². The van der Waals surface area contributed by atoms with Crippen molar-refractivity contribution in [2.45, 2.75) is 12.2 Å². The number of halogens is 1. The van der Waals surface area contributed by atoms with Crippen molar-refractivity contribution in [1.29, 1.82) is 0 Å². The van der Waals surface area contributed by atoms with E-state index >= 15 is 0 Å². The van der Waals surface area contributed by atoms with Crippen molar-refractivity contribution >= 4 is 60.7 Å². The molecule has 0 atom stereocenters. The number of rotatable bonds is 9. The van der Waals surface area contributed by atoms with Gasteiger partial charge < -0.3 is 10.6 Å². The van der Waals surface area contributed by atoms with Crippen LogP contribution in [0.25, 0.3) is 11.0 Å². The van der Waals surface area contributed by atoms with Crippen molar-refractivity contribution in [3.63, 3.8) is 0 Å². The molecule has 2 aromatic heterocycles. The van der Waals surface area contributed by atoms with Crippen molar-refractivity contribution in [2.24, 2.45) is 0 Å². The fraction of sp³-hybridized carbons (Fsp3) is 0.250. The van der Waals surface area contributed by atoms with Gasteiger partial charge in [-0.2, -0.15) is 4.37 Å². The third-order valence-corrected chi connectivity index (χ3v) is 8.47. The second-order valence-corrected chi connectivity index (χ2v) is 11.3. The standard InChI is InChI=1S/C24H24FN7O3S2/c1-15-22(24(36-30-15)29-21-12-26-19-7-2-3-8-20(19)28-21)23(33)27-16-5-4-6-17(11-16)31-37(34,35)18-13-32(14-18)10-9-25/h2-8,11-12,18,31H,9-10,13-14H2,1H3,(H,27,33)(H,28,29). The van der Waals surface area contributed by atoms with E-state index in [0.717, 1.165) is 22.6 Å². The van der Waals surface area contributed by atoms with Crippen molar-refractivity contribution in [3.05, 3.63) is 66.0 Å². The number of anilines is 4.